The van der Waals surface area contributed by atoms with E-state index in [4.69, 9.17) is 9.84 Å². The second kappa shape index (κ2) is 6.68. The molecule has 19 heavy (non-hydrogen) atoms. The Kier molecular flexibility index (Phi) is 5.50. The second-order valence-electron chi connectivity index (χ2n) is 4.42. The summed E-state index contributed by atoms with van der Waals surface area (Å²) in [5.41, 5.74) is -0.605. The van der Waals surface area contributed by atoms with Gasteiger partial charge in [-0.25, -0.2) is 4.79 Å². The van der Waals surface area contributed by atoms with Crippen LogP contribution in [0, 0.1) is 0 Å². The van der Waals surface area contributed by atoms with Crippen LogP contribution in [0.4, 0.5) is 0 Å². The second-order valence-corrected chi connectivity index (χ2v) is 5.34. The van der Waals surface area contributed by atoms with Crippen molar-refractivity contribution in [3.63, 3.8) is 0 Å². The molecule has 1 rings (SSSR count). The number of ether oxygens (including phenoxy) is 1. The predicted octanol–water partition coefficient (Wildman–Crippen LogP) is 1.60. The van der Waals surface area contributed by atoms with Crippen molar-refractivity contribution < 1.29 is 19.4 Å². The van der Waals surface area contributed by atoms with E-state index in [1.54, 1.807) is 12.1 Å². The van der Waals surface area contributed by atoms with Crippen LogP contribution in [-0.4, -0.2) is 36.2 Å². The lowest BCUT2D eigenvalue weighted by Crippen LogP contribution is -2.55. The van der Waals surface area contributed by atoms with Gasteiger partial charge in [-0.05, 0) is 24.6 Å². The maximum absolute atomic E-state index is 11.9. The highest BCUT2D eigenvalue weighted by Gasteiger charge is 2.34. The molecule has 0 bridgehead atoms. The molecule has 0 heterocycles. The van der Waals surface area contributed by atoms with E-state index in [0.29, 0.717) is 0 Å². The van der Waals surface area contributed by atoms with Gasteiger partial charge in [0.25, 0.3) is 0 Å². The fraction of sp³-hybridized carbons (Fsp3) is 0.385. The van der Waals surface area contributed by atoms with Gasteiger partial charge in [-0.2, -0.15) is 0 Å². The van der Waals surface area contributed by atoms with Crippen molar-refractivity contribution in [3.8, 4) is 0 Å². The van der Waals surface area contributed by atoms with Crippen LogP contribution in [0.5, 0.6) is 0 Å². The zero-order valence-corrected chi connectivity index (χ0v) is 12.4. The quantitative estimate of drug-likeness (QED) is 0.831. The molecular weight excluding hydrogens is 314 g/mol. The third kappa shape index (κ3) is 4.65. The number of rotatable bonds is 6. The number of amides is 1. The maximum Gasteiger partial charge on any atom is 0.331 e. The number of methoxy groups -OCH3 is 1. The standard InChI is InChI=1S/C13H16BrNO4/c1-13(8-19-2,12(17)18)15-11(16)7-9-3-5-10(14)6-4-9/h3-6H,7-8H2,1-2H3,(H,15,16)(H,17,18). The van der Waals surface area contributed by atoms with Gasteiger partial charge in [0.15, 0.2) is 5.54 Å². The summed E-state index contributed by atoms with van der Waals surface area (Å²) >= 11 is 3.31. The van der Waals surface area contributed by atoms with Crippen molar-refractivity contribution in [2.75, 3.05) is 13.7 Å². The Morgan fingerprint density at radius 1 is 1.37 bits per heavy atom. The van der Waals surface area contributed by atoms with Gasteiger partial charge in [-0.1, -0.05) is 28.1 Å². The Bertz CT molecular complexity index is 460. The van der Waals surface area contributed by atoms with Crippen molar-refractivity contribution in [2.45, 2.75) is 18.9 Å². The van der Waals surface area contributed by atoms with Gasteiger partial charge in [0.1, 0.15) is 0 Å². The molecule has 104 valence electrons. The number of aliphatic carboxylic acids is 1. The van der Waals surface area contributed by atoms with Crippen molar-refractivity contribution in [1.29, 1.82) is 0 Å². The third-order valence-corrected chi connectivity index (χ3v) is 3.13. The molecule has 0 aliphatic carbocycles. The number of benzene rings is 1. The molecule has 1 atom stereocenters. The first kappa shape index (κ1) is 15.7. The average Bonchev–Trinajstić information content (AvgIpc) is 2.32. The predicted molar refractivity (Wildman–Crippen MR) is 73.9 cm³/mol. The molecule has 0 radical (unpaired) electrons. The molecule has 1 aromatic rings. The number of carboxylic acids is 1. The molecule has 1 unspecified atom stereocenters. The van der Waals surface area contributed by atoms with Gasteiger partial charge in [0, 0.05) is 11.6 Å². The van der Waals surface area contributed by atoms with Crippen LogP contribution >= 0.6 is 15.9 Å². The molecule has 0 aromatic heterocycles. The van der Waals surface area contributed by atoms with E-state index in [1.165, 1.54) is 14.0 Å². The van der Waals surface area contributed by atoms with Gasteiger partial charge in [-0.3, -0.25) is 4.79 Å². The highest BCUT2D eigenvalue weighted by molar-refractivity contribution is 9.10. The lowest BCUT2D eigenvalue weighted by Gasteiger charge is -2.25. The number of nitrogens with one attached hydrogen (secondary N) is 1. The fourth-order valence-corrected chi connectivity index (χ4v) is 1.84. The summed E-state index contributed by atoms with van der Waals surface area (Å²) in [4.78, 5) is 23.0. The molecule has 5 nitrogen and oxygen atoms in total. The first-order chi connectivity index (χ1) is 8.87. The molecule has 2 N–H and O–H groups in total. The average molecular weight is 330 g/mol. The van der Waals surface area contributed by atoms with Crippen LogP contribution in [0.2, 0.25) is 0 Å². The Morgan fingerprint density at radius 2 is 1.95 bits per heavy atom. The first-order valence-electron chi connectivity index (χ1n) is 5.65. The summed E-state index contributed by atoms with van der Waals surface area (Å²) in [7, 11) is 1.39. The molecule has 0 saturated carbocycles. The Morgan fingerprint density at radius 3 is 2.42 bits per heavy atom. The highest BCUT2D eigenvalue weighted by Crippen LogP contribution is 2.11. The summed E-state index contributed by atoms with van der Waals surface area (Å²) in [5, 5.41) is 11.6. The molecule has 1 aromatic carbocycles. The van der Waals surface area contributed by atoms with E-state index in [0.717, 1.165) is 10.0 Å². The van der Waals surface area contributed by atoms with E-state index in [1.807, 2.05) is 12.1 Å². The SMILES string of the molecule is COCC(C)(NC(=O)Cc1ccc(Br)cc1)C(=O)O. The maximum atomic E-state index is 11.9. The number of hydrogen-bond acceptors (Lipinski definition) is 3. The van der Waals surface area contributed by atoms with E-state index in [2.05, 4.69) is 21.2 Å². The van der Waals surface area contributed by atoms with Gasteiger partial charge in [-0.15, -0.1) is 0 Å². The normalized spacial score (nSPS) is 13.6. The van der Waals surface area contributed by atoms with Crippen molar-refractivity contribution in [1.82, 2.24) is 5.32 Å². The van der Waals surface area contributed by atoms with Gasteiger partial charge >= 0.3 is 5.97 Å². The molecule has 0 aliphatic rings. The lowest BCUT2D eigenvalue weighted by atomic mass is 10.0. The van der Waals surface area contributed by atoms with E-state index in [-0.39, 0.29) is 18.9 Å². The van der Waals surface area contributed by atoms with Crippen LogP contribution in [0.15, 0.2) is 28.7 Å². The van der Waals surface area contributed by atoms with Crippen LogP contribution in [-0.2, 0) is 20.7 Å². The Labute approximate surface area is 120 Å². The number of carboxylic acid groups (broad SMARTS) is 1. The highest BCUT2D eigenvalue weighted by atomic mass is 79.9. The molecular formula is C13H16BrNO4. The van der Waals surface area contributed by atoms with Gasteiger partial charge in [0.05, 0.1) is 13.0 Å². The first-order valence-corrected chi connectivity index (χ1v) is 6.44. The zero-order chi connectivity index (χ0) is 14.5. The van der Waals surface area contributed by atoms with Crippen LogP contribution in [0.1, 0.15) is 12.5 Å². The molecule has 6 heteroatoms. The summed E-state index contributed by atoms with van der Waals surface area (Å²) in [6.45, 7) is 1.33. The summed E-state index contributed by atoms with van der Waals surface area (Å²) in [6.07, 6.45) is 0.125. The Hall–Kier alpha value is -1.40. The zero-order valence-electron chi connectivity index (χ0n) is 10.8. The van der Waals surface area contributed by atoms with Gasteiger partial charge < -0.3 is 15.2 Å². The van der Waals surface area contributed by atoms with Crippen LogP contribution < -0.4 is 5.32 Å². The topological polar surface area (TPSA) is 75.6 Å². The van der Waals surface area contributed by atoms with E-state index in [9.17, 15) is 9.59 Å². The van der Waals surface area contributed by atoms with E-state index >= 15 is 0 Å². The summed E-state index contributed by atoms with van der Waals surface area (Å²) in [5.74, 6) is -1.48. The summed E-state index contributed by atoms with van der Waals surface area (Å²) in [6, 6.07) is 7.26. The van der Waals surface area contributed by atoms with Crippen molar-refractivity contribution in [3.05, 3.63) is 34.3 Å². The van der Waals surface area contributed by atoms with E-state index < -0.39 is 11.5 Å². The minimum absolute atomic E-state index is 0.0889. The number of halogens is 1. The molecule has 0 spiro atoms. The minimum Gasteiger partial charge on any atom is -0.479 e. The monoisotopic (exact) mass is 329 g/mol. The Balaban J connectivity index is 2.68. The summed E-state index contributed by atoms with van der Waals surface area (Å²) < 4.78 is 5.76. The van der Waals surface area contributed by atoms with Crippen LogP contribution in [0.25, 0.3) is 0 Å². The minimum atomic E-state index is -1.42. The van der Waals surface area contributed by atoms with Crippen molar-refractivity contribution >= 4 is 27.8 Å². The fourth-order valence-electron chi connectivity index (χ4n) is 1.58. The number of carbonyl (C=O) groups is 2. The number of carbonyl (C=O) groups excluding carboxylic acids is 1. The molecule has 1 amide bonds. The molecule has 0 fully saturated rings. The largest absolute Gasteiger partial charge is 0.479 e. The lowest BCUT2D eigenvalue weighted by molar-refractivity contribution is -0.149. The smallest absolute Gasteiger partial charge is 0.331 e. The van der Waals surface area contributed by atoms with Gasteiger partial charge in [0.2, 0.25) is 5.91 Å². The third-order valence-electron chi connectivity index (χ3n) is 2.60. The van der Waals surface area contributed by atoms with Crippen LogP contribution in [0.3, 0.4) is 0 Å². The van der Waals surface area contributed by atoms with Crippen molar-refractivity contribution in [2.24, 2.45) is 0 Å². The molecule has 0 saturated heterocycles. The molecule has 0 aliphatic heterocycles. The number of hydrogen-bond donors (Lipinski definition) is 2.